The van der Waals surface area contributed by atoms with Crippen molar-refractivity contribution in [3.05, 3.63) is 30.1 Å². The lowest BCUT2D eigenvalue weighted by Crippen LogP contribution is -2.43. The summed E-state index contributed by atoms with van der Waals surface area (Å²) in [6.07, 6.45) is 8.75. The molecule has 1 aliphatic heterocycles. The molecule has 0 saturated carbocycles. The third-order valence-electron chi connectivity index (χ3n) is 3.82. The van der Waals surface area contributed by atoms with Gasteiger partial charge in [0.2, 0.25) is 0 Å². The largest absolute Gasteiger partial charge is 0.356 e. The molecular weight excluding hydrogens is 262 g/mol. The van der Waals surface area contributed by atoms with Crippen molar-refractivity contribution < 1.29 is 0 Å². The molecular formula is C16H27N5. The van der Waals surface area contributed by atoms with E-state index in [4.69, 9.17) is 0 Å². The topological polar surface area (TPSA) is 52.6 Å². The number of likely N-dealkylation sites (tertiary alicyclic amines) is 1. The molecule has 0 unspecified atom stereocenters. The first-order chi connectivity index (χ1) is 10.4. The fraction of sp³-hybridized carbons (Fsp3) is 0.625. The van der Waals surface area contributed by atoms with E-state index in [-0.39, 0.29) is 0 Å². The van der Waals surface area contributed by atoms with Crippen molar-refractivity contribution in [1.82, 2.24) is 20.5 Å². The third-order valence-corrected chi connectivity index (χ3v) is 3.82. The van der Waals surface area contributed by atoms with Gasteiger partial charge in [0.1, 0.15) is 0 Å². The smallest absolute Gasteiger partial charge is 0.191 e. The molecule has 0 aliphatic carbocycles. The molecule has 0 radical (unpaired) electrons. The van der Waals surface area contributed by atoms with Crippen LogP contribution >= 0.6 is 0 Å². The molecule has 116 valence electrons. The van der Waals surface area contributed by atoms with Crippen LogP contribution in [0.15, 0.2) is 29.5 Å². The molecule has 0 spiro atoms. The number of nitrogens with one attached hydrogen (secondary N) is 2. The maximum absolute atomic E-state index is 4.26. The van der Waals surface area contributed by atoms with E-state index in [9.17, 15) is 0 Å². The van der Waals surface area contributed by atoms with Crippen LogP contribution in [0.5, 0.6) is 0 Å². The third kappa shape index (κ3) is 6.12. The molecule has 0 bridgehead atoms. The summed E-state index contributed by atoms with van der Waals surface area (Å²) < 4.78 is 0. The minimum atomic E-state index is 0.870. The van der Waals surface area contributed by atoms with Gasteiger partial charge in [-0.1, -0.05) is 12.5 Å². The maximum Gasteiger partial charge on any atom is 0.191 e. The van der Waals surface area contributed by atoms with Crippen LogP contribution in [-0.2, 0) is 6.42 Å². The van der Waals surface area contributed by atoms with E-state index in [1.807, 2.05) is 19.3 Å². The molecule has 1 fully saturated rings. The molecule has 5 nitrogen and oxygen atoms in total. The number of rotatable bonds is 6. The van der Waals surface area contributed by atoms with Crippen molar-refractivity contribution in [2.75, 3.05) is 39.8 Å². The van der Waals surface area contributed by atoms with E-state index in [0.29, 0.717) is 0 Å². The lowest BCUT2D eigenvalue weighted by atomic mass is 10.1. The number of piperidine rings is 1. The predicted molar refractivity (Wildman–Crippen MR) is 87.6 cm³/mol. The van der Waals surface area contributed by atoms with Crippen molar-refractivity contribution in [2.45, 2.75) is 25.7 Å². The van der Waals surface area contributed by atoms with Gasteiger partial charge in [-0.2, -0.15) is 0 Å². The Balaban J connectivity index is 1.59. The summed E-state index contributed by atoms with van der Waals surface area (Å²) in [5.41, 5.74) is 1.24. The highest BCUT2D eigenvalue weighted by atomic mass is 15.2. The summed E-state index contributed by atoms with van der Waals surface area (Å²) in [7, 11) is 1.82. The van der Waals surface area contributed by atoms with Crippen molar-refractivity contribution in [3.8, 4) is 0 Å². The van der Waals surface area contributed by atoms with Gasteiger partial charge >= 0.3 is 0 Å². The average Bonchev–Trinajstić information content (AvgIpc) is 2.55. The Bertz CT molecular complexity index is 412. The Hall–Kier alpha value is -1.62. The monoisotopic (exact) mass is 289 g/mol. The Labute approximate surface area is 127 Å². The molecule has 5 heteroatoms. The van der Waals surface area contributed by atoms with Gasteiger partial charge in [-0.15, -0.1) is 0 Å². The standard InChI is InChI=1S/C16H27N5/c1-17-16(19-9-7-15-6-5-8-18-14-15)20-10-13-21-11-3-2-4-12-21/h5-6,8,14H,2-4,7,9-13H2,1H3,(H2,17,19,20). The summed E-state index contributed by atoms with van der Waals surface area (Å²) in [5.74, 6) is 0.885. The normalized spacial score (nSPS) is 16.7. The molecule has 2 N–H and O–H groups in total. The molecule has 21 heavy (non-hydrogen) atoms. The summed E-state index contributed by atoms with van der Waals surface area (Å²) in [4.78, 5) is 10.9. The quantitative estimate of drug-likeness (QED) is 0.612. The Morgan fingerprint density at radius 2 is 2.05 bits per heavy atom. The zero-order valence-electron chi connectivity index (χ0n) is 13.0. The van der Waals surface area contributed by atoms with Gasteiger partial charge in [-0.3, -0.25) is 9.98 Å². The first-order valence-electron chi connectivity index (χ1n) is 7.94. The highest BCUT2D eigenvalue weighted by Crippen LogP contribution is 2.07. The average molecular weight is 289 g/mol. The van der Waals surface area contributed by atoms with Crippen LogP contribution in [0.2, 0.25) is 0 Å². The zero-order valence-corrected chi connectivity index (χ0v) is 13.0. The van der Waals surface area contributed by atoms with E-state index in [0.717, 1.165) is 32.0 Å². The van der Waals surface area contributed by atoms with Crippen LogP contribution in [0.4, 0.5) is 0 Å². The molecule has 1 aromatic rings. The molecule has 1 aliphatic rings. The van der Waals surface area contributed by atoms with Crippen LogP contribution in [0.25, 0.3) is 0 Å². The summed E-state index contributed by atoms with van der Waals surface area (Å²) in [6.45, 7) is 5.41. The maximum atomic E-state index is 4.26. The number of guanidine groups is 1. The van der Waals surface area contributed by atoms with Gasteiger partial charge in [-0.25, -0.2) is 0 Å². The second kappa shape index (κ2) is 9.34. The van der Waals surface area contributed by atoms with E-state index in [1.165, 1.54) is 37.9 Å². The highest BCUT2D eigenvalue weighted by Gasteiger charge is 2.09. The fourth-order valence-electron chi connectivity index (χ4n) is 2.61. The lowest BCUT2D eigenvalue weighted by molar-refractivity contribution is 0.232. The van der Waals surface area contributed by atoms with Crippen LogP contribution in [0.3, 0.4) is 0 Å². The minimum Gasteiger partial charge on any atom is -0.356 e. The van der Waals surface area contributed by atoms with Crippen LogP contribution in [-0.4, -0.2) is 55.6 Å². The summed E-state index contributed by atoms with van der Waals surface area (Å²) in [5, 5.41) is 6.73. The molecule has 1 saturated heterocycles. The molecule has 0 amide bonds. The second-order valence-electron chi connectivity index (χ2n) is 5.44. The van der Waals surface area contributed by atoms with E-state index < -0.39 is 0 Å². The first-order valence-corrected chi connectivity index (χ1v) is 7.94. The van der Waals surface area contributed by atoms with E-state index in [2.05, 4.69) is 31.6 Å². The SMILES string of the molecule is CN=C(NCCc1cccnc1)NCCN1CCCCC1. The van der Waals surface area contributed by atoms with Crippen molar-refractivity contribution >= 4 is 5.96 Å². The second-order valence-corrected chi connectivity index (χ2v) is 5.44. The van der Waals surface area contributed by atoms with Gasteiger partial charge in [-0.05, 0) is 44.0 Å². The number of nitrogens with zero attached hydrogens (tertiary/aromatic N) is 3. The van der Waals surface area contributed by atoms with E-state index in [1.54, 1.807) is 6.20 Å². The minimum absolute atomic E-state index is 0.870. The molecule has 2 heterocycles. The van der Waals surface area contributed by atoms with Crippen molar-refractivity contribution in [3.63, 3.8) is 0 Å². The lowest BCUT2D eigenvalue weighted by Gasteiger charge is -2.26. The predicted octanol–water partition coefficient (Wildman–Crippen LogP) is 1.27. The van der Waals surface area contributed by atoms with Crippen molar-refractivity contribution in [1.29, 1.82) is 0 Å². The van der Waals surface area contributed by atoms with E-state index >= 15 is 0 Å². The first kappa shape index (κ1) is 15.8. The Morgan fingerprint density at radius 1 is 1.24 bits per heavy atom. The summed E-state index contributed by atoms with van der Waals surface area (Å²) in [6, 6.07) is 4.07. The molecule has 2 rings (SSSR count). The number of aliphatic imine (C=N–C) groups is 1. The van der Waals surface area contributed by atoms with Crippen LogP contribution < -0.4 is 10.6 Å². The van der Waals surface area contributed by atoms with Crippen molar-refractivity contribution in [2.24, 2.45) is 4.99 Å². The Kier molecular flexibility index (Phi) is 7.01. The molecule has 1 aromatic heterocycles. The zero-order chi connectivity index (χ0) is 14.8. The number of hydrogen-bond donors (Lipinski definition) is 2. The van der Waals surface area contributed by atoms with Gasteiger partial charge < -0.3 is 15.5 Å². The number of hydrogen-bond acceptors (Lipinski definition) is 3. The van der Waals surface area contributed by atoms with Gasteiger partial charge in [0, 0.05) is 39.1 Å². The number of pyridine rings is 1. The van der Waals surface area contributed by atoms with Crippen LogP contribution in [0.1, 0.15) is 24.8 Å². The Morgan fingerprint density at radius 3 is 2.76 bits per heavy atom. The fourth-order valence-corrected chi connectivity index (χ4v) is 2.61. The van der Waals surface area contributed by atoms with Gasteiger partial charge in [0.05, 0.1) is 0 Å². The molecule has 0 atom stereocenters. The van der Waals surface area contributed by atoms with Crippen LogP contribution in [0, 0.1) is 0 Å². The highest BCUT2D eigenvalue weighted by molar-refractivity contribution is 5.79. The van der Waals surface area contributed by atoms with Gasteiger partial charge in [0.25, 0.3) is 0 Å². The molecule has 0 aromatic carbocycles. The van der Waals surface area contributed by atoms with Gasteiger partial charge in [0.15, 0.2) is 5.96 Å². The summed E-state index contributed by atoms with van der Waals surface area (Å²) >= 11 is 0. The number of aromatic nitrogens is 1.